The molecule has 1 aromatic rings. The predicted molar refractivity (Wildman–Crippen MR) is 80.6 cm³/mol. The Bertz CT molecular complexity index is 405. The standard InChI is InChI=1S/C16H26FNO2/c1-5-13(6-2)18(10-11-20-4)16-14(12(3)19)8-7-9-15(16)17/h7-9,12-13,19H,5-6,10-11H2,1-4H3/t12-/m1/s1. The van der Waals surface area contributed by atoms with Crippen LogP contribution in [0, 0.1) is 5.82 Å². The van der Waals surface area contributed by atoms with Crippen LogP contribution in [-0.4, -0.2) is 31.4 Å². The highest BCUT2D eigenvalue weighted by molar-refractivity contribution is 5.56. The molecule has 0 saturated carbocycles. The number of methoxy groups -OCH3 is 1. The minimum atomic E-state index is -0.694. The Morgan fingerprint density at radius 2 is 1.95 bits per heavy atom. The molecule has 114 valence electrons. The zero-order valence-corrected chi connectivity index (χ0v) is 12.9. The van der Waals surface area contributed by atoms with E-state index in [-0.39, 0.29) is 11.9 Å². The highest BCUT2D eigenvalue weighted by Gasteiger charge is 2.23. The van der Waals surface area contributed by atoms with Crippen molar-refractivity contribution in [2.45, 2.75) is 45.8 Å². The maximum atomic E-state index is 14.3. The van der Waals surface area contributed by atoms with Crippen LogP contribution in [-0.2, 0) is 4.74 Å². The number of anilines is 1. The summed E-state index contributed by atoms with van der Waals surface area (Å²) in [4.78, 5) is 2.03. The van der Waals surface area contributed by atoms with Crippen LogP contribution in [0.25, 0.3) is 0 Å². The molecule has 0 fully saturated rings. The topological polar surface area (TPSA) is 32.7 Å². The fourth-order valence-corrected chi connectivity index (χ4v) is 2.57. The lowest BCUT2D eigenvalue weighted by Crippen LogP contribution is -2.38. The first-order chi connectivity index (χ1) is 9.56. The van der Waals surface area contributed by atoms with Crippen molar-refractivity contribution >= 4 is 5.69 Å². The molecule has 1 rings (SSSR count). The number of halogens is 1. The maximum absolute atomic E-state index is 14.3. The summed E-state index contributed by atoms with van der Waals surface area (Å²) in [6, 6.07) is 5.11. The quantitative estimate of drug-likeness (QED) is 0.792. The second-order valence-corrected chi connectivity index (χ2v) is 5.01. The molecule has 0 heterocycles. The molecule has 20 heavy (non-hydrogen) atoms. The van der Waals surface area contributed by atoms with Gasteiger partial charge in [0.05, 0.1) is 18.4 Å². The van der Waals surface area contributed by atoms with E-state index in [1.807, 2.05) is 4.90 Å². The Labute approximate surface area is 121 Å². The first kappa shape index (κ1) is 16.9. The Balaban J connectivity index is 3.24. The normalized spacial score (nSPS) is 12.8. The lowest BCUT2D eigenvalue weighted by Gasteiger charge is -2.34. The van der Waals surface area contributed by atoms with Crippen molar-refractivity contribution in [2.24, 2.45) is 0 Å². The third kappa shape index (κ3) is 3.93. The second-order valence-electron chi connectivity index (χ2n) is 5.01. The molecular formula is C16H26FNO2. The van der Waals surface area contributed by atoms with Crippen molar-refractivity contribution in [3.05, 3.63) is 29.6 Å². The third-order valence-corrected chi connectivity index (χ3v) is 3.67. The van der Waals surface area contributed by atoms with E-state index in [0.717, 1.165) is 12.8 Å². The van der Waals surface area contributed by atoms with E-state index >= 15 is 0 Å². The maximum Gasteiger partial charge on any atom is 0.146 e. The molecule has 3 nitrogen and oxygen atoms in total. The summed E-state index contributed by atoms with van der Waals surface area (Å²) < 4.78 is 19.5. The molecule has 1 aromatic carbocycles. The Hall–Kier alpha value is -1.13. The van der Waals surface area contributed by atoms with Crippen LogP contribution >= 0.6 is 0 Å². The van der Waals surface area contributed by atoms with Gasteiger partial charge in [-0.3, -0.25) is 0 Å². The van der Waals surface area contributed by atoms with Gasteiger partial charge in [-0.05, 0) is 25.8 Å². The molecular weight excluding hydrogens is 257 g/mol. The molecule has 4 heteroatoms. The largest absolute Gasteiger partial charge is 0.389 e. The van der Waals surface area contributed by atoms with Gasteiger partial charge in [-0.2, -0.15) is 0 Å². The van der Waals surface area contributed by atoms with Gasteiger partial charge in [0.1, 0.15) is 5.82 Å². The van der Waals surface area contributed by atoms with E-state index in [4.69, 9.17) is 4.74 Å². The molecule has 0 aliphatic carbocycles. The summed E-state index contributed by atoms with van der Waals surface area (Å²) >= 11 is 0. The SMILES string of the molecule is CCC(CC)N(CCOC)c1c(F)cccc1[C@@H](C)O. The van der Waals surface area contributed by atoms with Crippen LogP contribution in [0.15, 0.2) is 18.2 Å². The summed E-state index contributed by atoms with van der Waals surface area (Å²) in [5.74, 6) is -0.286. The summed E-state index contributed by atoms with van der Waals surface area (Å²) in [5, 5.41) is 9.91. The highest BCUT2D eigenvalue weighted by Crippen LogP contribution is 2.31. The minimum Gasteiger partial charge on any atom is -0.389 e. The van der Waals surface area contributed by atoms with Crippen LogP contribution in [0.3, 0.4) is 0 Å². The van der Waals surface area contributed by atoms with Gasteiger partial charge in [0.25, 0.3) is 0 Å². The minimum absolute atomic E-state index is 0.236. The molecule has 0 aliphatic heterocycles. The van der Waals surface area contributed by atoms with Crippen molar-refractivity contribution in [1.29, 1.82) is 0 Å². The Morgan fingerprint density at radius 3 is 2.45 bits per heavy atom. The van der Waals surface area contributed by atoms with Crippen molar-refractivity contribution in [2.75, 3.05) is 25.2 Å². The van der Waals surface area contributed by atoms with Crippen LogP contribution in [0.1, 0.15) is 45.3 Å². The number of para-hydroxylation sites is 1. The zero-order chi connectivity index (χ0) is 15.1. The van der Waals surface area contributed by atoms with E-state index in [1.54, 1.807) is 26.2 Å². The first-order valence-corrected chi connectivity index (χ1v) is 7.28. The Kier molecular flexibility index (Phi) is 6.96. The van der Waals surface area contributed by atoms with Gasteiger partial charge in [-0.1, -0.05) is 26.0 Å². The number of ether oxygens (including phenoxy) is 1. The average Bonchev–Trinajstić information content (AvgIpc) is 2.43. The lowest BCUT2D eigenvalue weighted by molar-refractivity contribution is 0.195. The number of hydrogen-bond acceptors (Lipinski definition) is 3. The summed E-state index contributed by atoms with van der Waals surface area (Å²) in [6.07, 6.45) is 1.15. The smallest absolute Gasteiger partial charge is 0.146 e. The van der Waals surface area contributed by atoms with Crippen molar-refractivity contribution in [1.82, 2.24) is 0 Å². The molecule has 0 aliphatic rings. The van der Waals surface area contributed by atoms with Crippen molar-refractivity contribution < 1.29 is 14.2 Å². The average molecular weight is 283 g/mol. The number of aliphatic hydroxyl groups excluding tert-OH is 1. The zero-order valence-electron chi connectivity index (χ0n) is 12.9. The Morgan fingerprint density at radius 1 is 1.30 bits per heavy atom. The third-order valence-electron chi connectivity index (χ3n) is 3.67. The second kappa shape index (κ2) is 8.22. The molecule has 0 saturated heterocycles. The molecule has 0 radical (unpaired) electrons. The summed E-state index contributed by atoms with van der Waals surface area (Å²) in [5.41, 5.74) is 1.14. The van der Waals surface area contributed by atoms with Crippen molar-refractivity contribution in [3.63, 3.8) is 0 Å². The van der Waals surface area contributed by atoms with Gasteiger partial charge < -0.3 is 14.7 Å². The molecule has 0 spiro atoms. The van der Waals surface area contributed by atoms with Crippen LogP contribution in [0.5, 0.6) is 0 Å². The first-order valence-electron chi connectivity index (χ1n) is 7.28. The lowest BCUT2D eigenvalue weighted by atomic mass is 10.0. The van der Waals surface area contributed by atoms with E-state index in [2.05, 4.69) is 13.8 Å². The van der Waals surface area contributed by atoms with Crippen molar-refractivity contribution in [3.8, 4) is 0 Å². The number of hydrogen-bond donors (Lipinski definition) is 1. The van der Waals surface area contributed by atoms with E-state index in [0.29, 0.717) is 24.4 Å². The molecule has 0 aromatic heterocycles. The van der Waals surface area contributed by atoms with Crippen LogP contribution in [0.2, 0.25) is 0 Å². The molecule has 1 atom stereocenters. The fraction of sp³-hybridized carbons (Fsp3) is 0.625. The number of benzene rings is 1. The van der Waals surface area contributed by atoms with E-state index in [9.17, 15) is 9.50 Å². The van der Waals surface area contributed by atoms with Gasteiger partial charge in [0.2, 0.25) is 0 Å². The van der Waals surface area contributed by atoms with Crippen LogP contribution in [0.4, 0.5) is 10.1 Å². The molecule has 0 unspecified atom stereocenters. The highest BCUT2D eigenvalue weighted by atomic mass is 19.1. The predicted octanol–water partition coefficient (Wildman–Crippen LogP) is 3.52. The number of rotatable bonds is 8. The molecule has 0 bridgehead atoms. The van der Waals surface area contributed by atoms with E-state index in [1.165, 1.54) is 6.07 Å². The number of nitrogens with zero attached hydrogens (tertiary/aromatic N) is 1. The van der Waals surface area contributed by atoms with Gasteiger partial charge in [0, 0.05) is 25.3 Å². The monoisotopic (exact) mass is 283 g/mol. The van der Waals surface area contributed by atoms with Gasteiger partial charge in [-0.15, -0.1) is 0 Å². The molecule has 0 amide bonds. The van der Waals surface area contributed by atoms with Gasteiger partial charge in [0.15, 0.2) is 0 Å². The summed E-state index contributed by atoms with van der Waals surface area (Å²) in [7, 11) is 1.64. The summed E-state index contributed by atoms with van der Waals surface area (Å²) in [6.45, 7) is 7.00. The van der Waals surface area contributed by atoms with E-state index < -0.39 is 6.10 Å². The molecule has 1 N–H and O–H groups in total. The van der Waals surface area contributed by atoms with Gasteiger partial charge in [-0.25, -0.2) is 4.39 Å². The fourth-order valence-electron chi connectivity index (χ4n) is 2.57. The van der Waals surface area contributed by atoms with Gasteiger partial charge >= 0.3 is 0 Å². The number of aliphatic hydroxyl groups is 1. The van der Waals surface area contributed by atoms with Crippen LogP contribution < -0.4 is 4.90 Å².